The first kappa shape index (κ1) is 24.5. The van der Waals surface area contributed by atoms with Gasteiger partial charge in [0.2, 0.25) is 5.88 Å². The lowest BCUT2D eigenvalue weighted by molar-refractivity contribution is 0.0359. The smallest absolute Gasteiger partial charge is 0.275 e. The molecule has 11 nitrogen and oxygen atoms in total. The summed E-state index contributed by atoms with van der Waals surface area (Å²) in [5, 5.41) is 9.74. The monoisotopic (exact) mass is 512 g/mol. The second-order valence-electron chi connectivity index (χ2n) is 8.47. The Balaban J connectivity index is 1.37. The van der Waals surface area contributed by atoms with Crippen LogP contribution in [0.25, 0.3) is 10.6 Å². The van der Waals surface area contributed by atoms with E-state index in [2.05, 4.69) is 25.3 Å². The maximum absolute atomic E-state index is 13.0. The Kier molecular flexibility index (Phi) is 7.96. The van der Waals surface area contributed by atoms with Crippen LogP contribution in [0.5, 0.6) is 5.88 Å². The van der Waals surface area contributed by atoms with Gasteiger partial charge >= 0.3 is 0 Å². The number of morpholine rings is 1. The number of ketones is 1. The number of anilines is 1. The maximum atomic E-state index is 13.0. The van der Waals surface area contributed by atoms with Crippen LogP contribution in [0.4, 0.5) is 5.69 Å². The Labute approximate surface area is 212 Å². The maximum Gasteiger partial charge on any atom is 0.275 e. The van der Waals surface area contributed by atoms with Gasteiger partial charge in [0.1, 0.15) is 17.3 Å². The molecule has 2 aliphatic rings. The van der Waals surface area contributed by atoms with Crippen molar-refractivity contribution in [1.29, 1.82) is 0 Å². The number of fused-ring (bicyclic) bond motifs is 6. The van der Waals surface area contributed by atoms with Crippen molar-refractivity contribution in [3.05, 3.63) is 41.3 Å². The molecule has 0 unspecified atom stereocenters. The van der Waals surface area contributed by atoms with Gasteiger partial charge in [-0.3, -0.25) is 19.2 Å². The quantitative estimate of drug-likeness (QED) is 0.564. The molecule has 1 fully saturated rings. The molecular formula is C24H28N6O5S. The van der Waals surface area contributed by atoms with Crippen molar-refractivity contribution >= 4 is 28.7 Å². The molecular weight excluding hydrogens is 484 g/mol. The van der Waals surface area contributed by atoms with Gasteiger partial charge in [-0.25, -0.2) is 9.97 Å². The molecule has 0 spiro atoms. The summed E-state index contributed by atoms with van der Waals surface area (Å²) in [6, 6.07) is 3.61. The van der Waals surface area contributed by atoms with Gasteiger partial charge < -0.3 is 19.5 Å². The van der Waals surface area contributed by atoms with Crippen molar-refractivity contribution in [2.24, 2.45) is 0 Å². The number of pyridine rings is 1. The average molecular weight is 513 g/mol. The molecule has 1 amide bonds. The van der Waals surface area contributed by atoms with E-state index < -0.39 is 5.91 Å². The van der Waals surface area contributed by atoms with E-state index in [-0.39, 0.29) is 23.6 Å². The number of hydrogen-bond donors (Lipinski definition) is 1. The van der Waals surface area contributed by atoms with Crippen molar-refractivity contribution in [1.82, 2.24) is 24.6 Å². The molecule has 12 heteroatoms. The zero-order valence-electron chi connectivity index (χ0n) is 19.9. The first-order chi connectivity index (χ1) is 17.7. The van der Waals surface area contributed by atoms with Crippen LogP contribution in [0.15, 0.2) is 29.9 Å². The predicted molar refractivity (Wildman–Crippen MR) is 133 cm³/mol. The zero-order valence-corrected chi connectivity index (χ0v) is 20.7. The minimum atomic E-state index is -0.394. The summed E-state index contributed by atoms with van der Waals surface area (Å²) in [7, 11) is 0. The summed E-state index contributed by atoms with van der Waals surface area (Å²) in [6.07, 6.45) is 4.17. The number of hydrogen-bond acceptors (Lipinski definition) is 10. The fourth-order valence-electron chi connectivity index (χ4n) is 3.98. The van der Waals surface area contributed by atoms with Crippen LogP contribution in [0.1, 0.15) is 33.8 Å². The number of carbonyl (C=O) groups is 2. The molecule has 1 N–H and O–H groups in total. The topological polar surface area (TPSA) is 121 Å². The number of aromatic nitrogens is 4. The SMILES string of the molecule is O=C1Nc2cn(CCN3CCOCC3)nc2C(=O)CCCOCCOc2cc(ccn2)-c2nc1cs2. The highest BCUT2D eigenvalue weighted by Gasteiger charge is 2.21. The van der Waals surface area contributed by atoms with Gasteiger partial charge in [0, 0.05) is 62.1 Å². The summed E-state index contributed by atoms with van der Waals surface area (Å²) in [5.41, 5.74) is 1.72. The summed E-state index contributed by atoms with van der Waals surface area (Å²) in [4.78, 5) is 37.1. The molecule has 0 saturated carbocycles. The highest BCUT2D eigenvalue weighted by atomic mass is 32.1. The molecule has 5 rings (SSSR count). The molecule has 0 aromatic carbocycles. The van der Waals surface area contributed by atoms with Crippen LogP contribution in [0, 0.1) is 0 Å². The van der Waals surface area contributed by atoms with E-state index in [1.807, 2.05) is 6.07 Å². The van der Waals surface area contributed by atoms with Crippen molar-refractivity contribution in [2.75, 3.05) is 58.0 Å². The highest BCUT2D eigenvalue weighted by Crippen LogP contribution is 2.27. The number of ether oxygens (including phenoxy) is 3. The number of nitrogens with zero attached hydrogens (tertiary/aromatic N) is 5. The van der Waals surface area contributed by atoms with Crippen LogP contribution in [-0.2, 0) is 16.0 Å². The van der Waals surface area contributed by atoms with Gasteiger partial charge in [-0.05, 0) is 12.5 Å². The number of rotatable bonds is 3. The largest absolute Gasteiger partial charge is 0.475 e. The van der Waals surface area contributed by atoms with Crippen LogP contribution in [-0.4, -0.2) is 89.0 Å². The summed E-state index contributed by atoms with van der Waals surface area (Å²) in [5.74, 6) is -0.0773. The van der Waals surface area contributed by atoms with Gasteiger partial charge in [0.05, 0.1) is 32.1 Å². The number of Topliss-reactive ketones (excluding diaryl/α,β-unsaturated/α-hetero) is 1. The Morgan fingerprint density at radius 2 is 1.92 bits per heavy atom. The van der Waals surface area contributed by atoms with Crippen LogP contribution in [0.3, 0.4) is 0 Å². The van der Waals surface area contributed by atoms with Crippen molar-refractivity contribution in [3.8, 4) is 16.5 Å². The molecule has 2 aliphatic heterocycles. The zero-order chi connectivity index (χ0) is 24.7. The number of carbonyl (C=O) groups excluding carboxylic acids is 2. The summed E-state index contributed by atoms with van der Waals surface area (Å²) >= 11 is 1.35. The Morgan fingerprint density at radius 3 is 2.81 bits per heavy atom. The fraction of sp³-hybridized carbons (Fsp3) is 0.458. The second kappa shape index (κ2) is 11.7. The second-order valence-corrected chi connectivity index (χ2v) is 9.33. The lowest BCUT2D eigenvalue weighted by Gasteiger charge is -2.26. The van der Waals surface area contributed by atoms with Crippen LogP contribution >= 0.6 is 11.3 Å². The minimum absolute atomic E-state index is 0.144. The number of amides is 1. The first-order valence-electron chi connectivity index (χ1n) is 12.0. The third-order valence-electron chi connectivity index (χ3n) is 5.91. The lowest BCUT2D eigenvalue weighted by atomic mass is 10.1. The molecule has 1 saturated heterocycles. The standard InChI is InChI=1S/C24H28N6O5S/c31-20-2-1-9-33-12-13-35-21-14-17(3-4-25-21)24-27-19(16-36-24)23(32)26-18-15-30(28-22(18)20)6-5-29-7-10-34-11-8-29/h3-4,14-16H,1-2,5-13H2,(H,26,32). The molecule has 0 radical (unpaired) electrons. The molecule has 0 aliphatic carbocycles. The van der Waals surface area contributed by atoms with Gasteiger partial charge in [0.15, 0.2) is 11.5 Å². The third-order valence-corrected chi connectivity index (χ3v) is 6.80. The number of nitrogens with one attached hydrogen (secondary N) is 1. The molecule has 36 heavy (non-hydrogen) atoms. The van der Waals surface area contributed by atoms with Crippen molar-refractivity contribution in [3.63, 3.8) is 0 Å². The van der Waals surface area contributed by atoms with E-state index in [4.69, 9.17) is 14.2 Å². The normalized spacial score (nSPS) is 18.0. The number of thiazole rings is 1. The van der Waals surface area contributed by atoms with Gasteiger partial charge in [-0.2, -0.15) is 5.10 Å². The van der Waals surface area contributed by atoms with Crippen LogP contribution in [0.2, 0.25) is 0 Å². The van der Waals surface area contributed by atoms with E-state index in [0.29, 0.717) is 49.4 Å². The molecule has 3 aromatic heterocycles. The van der Waals surface area contributed by atoms with Gasteiger partial charge in [-0.15, -0.1) is 11.3 Å². The van der Waals surface area contributed by atoms with Crippen molar-refractivity contribution in [2.45, 2.75) is 19.4 Å². The Morgan fingerprint density at radius 1 is 1.06 bits per heavy atom. The lowest BCUT2D eigenvalue weighted by Crippen LogP contribution is -2.38. The third kappa shape index (κ3) is 6.13. The van der Waals surface area contributed by atoms with E-state index in [0.717, 1.165) is 38.4 Å². The molecule has 4 bridgehead atoms. The average Bonchev–Trinajstić information content (AvgIpc) is 3.55. The van der Waals surface area contributed by atoms with Gasteiger partial charge in [0.25, 0.3) is 5.91 Å². The predicted octanol–water partition coefficient (Wildman–Crippen LogP) is 2.36. The van der Waals surface area contributed by atoms with E-state index in [1.165, 1.54) is 11.3 Å². The fourth-order valence-corrected chi connectivity index (χ4v) is 4.78. The Hall–Kier alpha value is -3.19. The highest BCUT2D eigenvalue weighted by molar-refractivity contribution is 7.13. The van der Waals surface area contributed by atoms with E-state index in [1.54, 1.807) is 28.5 Å². The summed E-state index contributed by atoms with van der Waals surface area (Å²) < 4.78 is 18.4. The van der Waals surface area contributed by atoms with E-state index >= 15 is 0 Å². The van der Waals surface area contributed by atoms with Gasteiger partial charge in [-0.1, -0.05) is 0 Å². The summed E-state index contributed by atoms with van der Waals surface area (Å²) in [6.45, 7) is 5.70. The molecule has 190 valence electrons. The van der Waals surface area contributed by atoms with E-state index in [9.17, 15) is 9.59 Å². The molecule has 5 heterocycles. The minimum Gasteiger partial charge on any atom is -0.475 e. The Bertz CT molecular complexity index is 1210. The molecule has 3 aromatic rings. The molecule has 0 atom stereocenters. The van der Waals surface area contributed by atoms with Crippen LogP contribution < -0.4 is 10.1 Å². The first-order valence-corrected chi connectivity index (χ1v) is 12.9. The van der Waals surface area contributed by atoms with Crippen molar-refractivity contribution < 1.29 is 23.8 Å².